The smallest absolute Gasteiger partial charge is 0.306 e. The van der Waals surface area contributed by atoms with Gasteiger partial charge in [-0.05, 0) is 112 Å². The summed E-state index contributed by atoms with van der Waals surface area (Å²) in [6, 6.07) is 0. The summed E-state index contributed by atoms with van der Waals surface area (Å²) in [5.74, 6) is -0.0420. The number of hydrogen-bond acceptors (Lipinski definition) is 2. The second-order valence-electron chi connectivity index (χ2n) is 13.5. The van der Waals surface area contributed by atoms with Crippen molar-refractivity contribution >= 4 is 5.97 Å². The first-order valence-corrected chi connectivity index (χ1v) is 13.6. The lowest BCUT2D eigenvalue weighted by molar-refractivity contribution is -0.146. The Balaban J connectivity index is 1.69. The Bertz CT molecular complexity index is 862. The van der Waals surface area contributed by atoms with E-state index in [1.807, 2.05) is 0 Å². The van der Waals surface area contributed by atoms with E-state index in [-0.39, 0.29) is 39.6 Å². The molecule has 0 heterocycles. The van der Waals surface area contributed by atoms with Crippen LogP contribution in [0.3, 0.4) is 0 Å². The van der Waals surface area contributed by atoms with Gasteiger partial charge in [0.2, 0.25) is 0 Å². The summed E-state index contributed by atoms with van der Waals surface area (Å²) in [7, 11) is 0. The third kappa shape index (κ3) is 3.58. The number of carbonyl (C=O) groups is 1. The van der Waals surface area contributed by atoms with Crippen LogP contribution >= 0.6 is 0 Å². The Labute approximate surface area is 202 Å². The number of rotatable bonds is 5. The van der Waals surface area contributed by atoms with E-state index in [2.05, 4.69) is 54.5 Å². The second-order valence-corrected chi connectivity index (χ2v) is 13.5. The number of hydrogen-bond donors (Lipinski definition) is 2. The molecule has 2 N–H and O–H groups in total. The van der Waals surface area contributed by atoms with Crippen LogP contribution in [-0.4, -0.2) is 22.3 Å². The quantitative estimate of drug-likeness (QED) is 0.420. The van der Waals surface area contributed by atoms with E-state index in [0.717, 1.165) is 57.8 Å². The van der Waals surface area contributed by atoms with Gasteiger partial charge in [0.15, 0.2) is 0 Å². The summed E-state index contributed by atoms with van der Waals surface area (Å²) < 4.78 is 0. The van der Waals surface area contributed by atoms with Crippen molar-refractivity contribution in [2.45, 2.75) is 119 Å². The van der Waals surface area contributed by atoms with E-state index in [0.29, 0.717) is 5.92 Å². The zero-order valence-corrected chi connectivity index (χ0v) is 22.3. The van der Waals surface area contributed by atoms with Gasteiger partial charge in [0.1, 0.15) is 0 Å². The molecular formula is C30H48O3. The van der Waals surface area contributed by atoms with E-state index >= 15 is 0 Å². The molecule has 3 heteroatoms. The number of aliphatic hydroxyl groups is 1. The number of aliphatic carboxylic acids is 1. The molecule has 186 valence electrons. The van der Waals surface area contributed by atoms with Gasteiger partial charge >= 0.3 is 5.97 Å². The molecule has 0 aliphatic heterocycles. The fourth-order valence-electron chi connectivity index (χ4n) is 9.41. The van der Waals surface area contributed by atoms with Crippen LogP contribution in [0, 0.1) is 39.4 Å². The predicted octanol–water partition coefficient (Wildman–Crippen LogP) is 7.54. The summed E-state index contributed by atoms with van der Waals surface area (Å²) in [6.45, 7) is 16.2. The second kappa shape index (κ2) is 8.25. The number of fused-ring (bicyclic) bond motifs is 4. The zero-order chi connectivity index (χ0) is 24.4. The van der Waals surface area contributed by atoms with Gasteiger partial charge in [-0.3, -0.25) is 4.79 Å². The maximum Gasteiger partial charge on any atom is 0.306 e. The van der Waals surface area contributed by atoms with Crippen LogP contribution in [0.2, 0.25) is 0 Å². The molecular weight excluding hydrogens is 408 g/mol. The number of carboxylic acid groups (broad SMARTS) is 1. The minimum atomic E-state index is -0.592. The molecule has 7 atom stereocenters. The highest BCUT2D eigenvalue weighted by Crippen LogP contribution is 2.72. The summed E-state index contributed by atoms with van der Waals surface area (Å²) in [5.41, 5.74) is 5.00. The molecule has 3 nitrogen and oxygen atoms in total. The van der Waals surface area contributed by atoms with Crippen molar-refractivity contribution in [2.75, 3.05) is 0 Å². The minimum absolute atomic E-state index is 0.0370. The van der Waals surface area contributed by atoms with Crippen molar-refractivity contribution in [3.05, 3.63) is 22.8 Å². The van der Waals surface area contributed by atoms with Crippen LogP contribution in [-0.2, 0) is 4.79 Å². The van der Waals surface area contributed by atoms with Crippen molar-refractivity contribution in [3.63, 3.8) is 0 Å². The molecule has 0 aromatic heterocycles. The largest absolute Gasteiger partial charge is 0.481 e. The average molecular weight is 457 g/mol. The topological polar surface area (TPSA) is 57.5 Å². The number of allylic oxidation sites excluding steroid dienone is 4. The Morgan fingerprint density at radius 1 is 1.00 bits per heavy atom. The molecule has 4 aliphatic carbocycles. The Morgan fingerprint density at radius 2 is 1.70 bits per heavy atom. The van der Waals surface area contributed by atoms with Crippen molar-refractivity contribution in [3.8, 4) is 0 Å². The van der Waals surface area contributed by atoms with Crippen molar-refractivity contribution < 1.29 is 15.0 Å². The van der Waals surface area contributed by atoms with Gasteiger partial charge in [0.05, 0.1) is 12.0 Å². The summed E-state index contributed by atoms with van der Waals surface area (Å²) in [5, 5.41) is 21.0. The monoisotopic (exact) mass is 456 g/mol. The van der Waals surface area contributed by atoms with Gasteiger partial charge in [-0.15, -0.1) is 0 Å². The van der Waals surface area contributed by atoms with E-state index in [9.17, 15) is 15.0 Å². The maximum absolute atomic E-state index is 12.5. The molecule has 0 saturated heterocycles. The van der Waals surface area contributed by atoms with Crippen LogP contribution in [0.1, 0.15) is 113 Å². The average Bonchev–Trinajstić information content (AvgIpc) is 3.00. The number of carboxylic acids is 1. The normalized spacial score (nSPS) is 42.7. The molecule has 4 rings (SSSR count). The van der Waals surface area contributed by atoms with Crippen molar-refractivity contribution in [1.82, 2.24) is 0 Å². The lowest BCUT2D eigenvalue weighted by Crippen LogP contribution is -2.55. The molecule has 0 spiro atoms. The Morgan fingerprint density at radius 3 is 2.33 bits per heavy atom. The van der Waals surface area contributed by atoms with E-state index in [1.54, 1.807) is 11.1 Å². The molecule has 0 bridgehead atoms. The summed E-state index contributed by atoms with van der Waals surface area (Å²) in [6.07, 6.45) is 12.3. The third-order valence-corrected chi connectivity index (χ3v) is 11.6. The minimum Gasteiger partial charge on any atom is -0.481 e. The van der Waals surface area contributed by atoms with Gasteiger partial charge in [-0.25, -0.2) is 0 Å². The number of aliphatic hydroxyl groups excluding tert-OH is 1. The third-order valence-electron chi connectivity index (χ3n) is 11.6. The van der Waals surface area contributed by atoms with Crippen molar-refractivity contribution in [1.29, 1.82) is 0 Å². The molecule has 33 heavy (non-hydrogen) atoms. The summed E-state index contributed by atoms with van der Waals surface area (Å²) in [4.78, 5) is 12.5. The van der Waals surface area contributed by atoms with Gasteiger partial charge in [0.25, 0.3) is 0 Å². The maximum atomic E-state index is 12.5. The Kier molecular flexibility index (Phi) is 6.25. The van der Waals surface area contributed by atoms with Crippen LogP contribution in [0.5, 0.6) is 0 Å². The zero-order valence-electron chi connectivity index (χ0n) is 22.3. The van der Waals surface area contributed by atoms with Crippen molar-refractivity contribution in [2.24, 2.45) is 39.4 Å². The van der Waals surface area contributed by atoms with Crippen LogP contribution in [0.25, 0.3) is 0 Å². The van der Waals surface area contributed by atoms with Crippen LogP contribution in [0.4, 0.5) is 0 Å². The van der Waals surface area contributed by atoms with Crippen LogP contribution in [0.15, 0.2) is 22.8 Å². The molecule has 7 unspecified atom stereocenters. The highest BCUT2D eigenvalue weighted by Gasteiger charge is 2.64. The van der Waals surface area contributed by atoms with E-state index in [1.165, 1.54) is 12.0 Å². The molecule has 2 saturated carbocycles. The molecule has 4 aliphatic rings. The molecule has 0 radical (unpaired) electrons. The highest BCUT2D eigenvalue weighted by molar-refractivity contribution is 5.70. The fraction of sp³-hybridized carbons (Fsp3) is 0.833. The van der Waals surface area contributed by atoms with Gasteiger partial charge in [-0.1, -0.05) is 57.4 Å². The molecule has 0 aromatic carbocycles. The lowest BCUT2D eigenvalue weighted by atomic mass is 9.43. The lowest BCUT2D eigenvalue weighted by Gasteiger charge is -2.62. The van der Waals surface area contributed by atoms with E-state index < -0.39 is 5.97 Å². The van der Waals surface area contributed by atoms with Crippen LogP contribution < -0.4 is 0 Å². The van der Waals surface area contributed by atoms with Gasteiger partial charge < -0.3 is 10.2 Å². The molecule has 0 aromatic rings. The highest BCUT2D eigenvalue weighted by atomic mass is 16.4. The fourth-order valence-corrected chi connectivity index (χ4v) is 9.41. The van der Waals surface area contributed by atoms with Gasteiger partial charge in [-0.2, -0.15) is 0 Å². The molecule has 2 fully saturated rings. The SMILES string of the molecule is CC(C)=CCCC(C(=O)O)C1CCC2(C)C3=C(CCC12C)C1(C)CCC(O)C(C)(C)C1CC3. The Hall–Kier alpha value is -1.09. The predicted molar refractivity (Wildman–Crippen MR) is 135 cm³/mol. The first kappa shape index (κ1) is 25.0. The van der Waals surface area contributed by atoms with E-state index in [4.69, 9.17) is 0 Å². The summed E-state index contributed by atoms with van der Waals surface area (Å²) >= 11 is 0. The first-order valence-electron chi connectivity index (χ1n) is 13.6. The standard InChI is InChI=1S/C30H48O3/c1-19(2)9-8-10-20(26(32)33)21-13-17-30(7)23-11-12-24-27(3,4)25(31)15-16-28(24,5)22(23)14-18-29(21,30)6/h9,20-21,24-25,31H,8,10-18H2,1-7H3,(H,32,33). The van der Waals surface area contributed by atoms with Gasteiger partial charge in [0, 0.05) is 0 Å². The first-order chi connectivity index (χ1) is 15.3. The molecule has 0 amide bonds.